The van der Waals surface area contributed by atoms with Crippen LogP contribution in [0.1, 0.15) is 37.0 Å². The highest BCUT2D eigenvalue weighted by atomic mass is 32.2. The van der Waals surface area contributed by atoms with Gasteiger partial charge in [-0.15, -0.1) is 0 Å². The Morgan fingerprint density at radius 2 is 1.79 bits per heavy atom. The van der Waals surface area contributed by atoms with E-state index in [-0.39, 0.29) is 10.5 Å². The van der Waals surface area contributed by atoms with E-state index in [0.29, 0.717) is 24.1 Å². The Hall–Kier alpha value is -2.40. The number of primary sulfonamides is 1. The van der Waals surface area contributed by atoms with Gasteiger partial charge in [0.05, 0.1) is 16.1 Å². The number of likely N-dealkylation sites (tertiary alicyclic amines) is 1. The number of piperidine rings is 1. The first-order chi connectivity index (χ1) is 13.8. The topological polar surface area (TPSA) is 99.2 Å². The van der Waals surface area contributed by atoms with E-state index >= 15 is 0 Å². The smallest absolute Gasteiger partial charge is 0.238 e. The number of rotatable bonds is 6. The average Bonchev–Trinajstić information content (AvgIpc) is 2.65. The third-order valence-corrected chi connectivity index (χ3v) is 6.28. The number of nitrogens with two attached hydrogens (primary N) is 1. The summed E-state index contributed by atoms with van der Waals surface area (Å²) in [7, 11) is -3.84. The molecule has 6 nitrogen and oxygen atoms in total. The fraction of sp³-hybridized carbons (Fsp3) is 0.409. The van der Waals surface area contributed by atoms with Gasteiger partial charge in [0, 0.05) is 26.2 Å². The van der Waals surface area contributed by atoms with Crippen LogP contribution >= 0.6 is 0 Å². The molecule has 0 radical (unpaired) electrons. The Morgan fingerprint density at radius 1 is 1.14 bits per heavy atom. The number of nitrogens with one attached hydrogen (secondary N) is 1. The van der Waals surface area contributed by atoms with E-state index in [0.717, 1.165) is 25.2 Å². The number of sulfonamides is 1. The molecular weight excluding hydrogens is 384 g/mol. The molecule has 2 aromatic carbocycles. The minimum absolute atomic E-state index is 0.0617. The molecule has 7 heteroatoms. The van der Waals surface area contributed by atoms with E-state index in [2.05, 4.69) is 42.3 Å². The number of benzene rings is 2. The van der Waals surface area contributed by atoms with Gasteiger partial charge in [-0.25, -0.2) is 13.6 Å². The standard InChI is InChI=1S/C22H28N4O2S/c1-16-9-17(2)14-26(13-16)15-19-6-4-3-5-18(19)12-25-22-8-7-21(29(24,27)28)10-20(22)11-23/h3-8,10,16-17,25H,9,12-15H2,1-2H3,(H2,24,27,28). The summed E-state index contributed by atoms with van der Waals surface area (Å²) in [4.78, 5) is 2.45. The van der Waals surface area contributed by atoms with Gasteiger partial charge in [-0.1, -0.05) is 38.1 Å². The highest BCUT2D eigenvalue weighted by Gasteiger charge is 2.22. The summed E-state index contributed by atoms with van der Waals surface area (Å²) in [6.45, 7) is 8.30. The lowest BCUT2D eigenvalue weighted by molar-refractivity contribution is 0.134. The predicted octanol–water partition coefficient (Wildman–Crippen LogP) is 3.30. The summed E-state index contributed by atoms with van der Waals surface area (Å²) in [5.41, 5.74) is 3.28. The van der Waals surface area contributed by atoms with Crippen LogP contribution in [0.15, 0.2) is 47.4 Å². The molecule has 154 valence electrons. The molecule has 0 amide bonds. The molecule has 3 rings (SSSR count). The van der Waals surface area contributed by atoms with E-state index < -0.39 is 10.0 Å². The van der Waals surface area contributed by atoms with Crippen LogP contribution in [0.4, 0.5) is 5.69 Å². The van der Waals surface area contributed by atoms with Crippen LogP contribution in [-0.2, 0) is 23.1 Å². The van der Waals surface area contributed by atoms with Gasteiger partial charge in [-0.3, -0.25) is 4.90 Å². The van der Waals surface area contributed by atoms with Crippen molar-refractivity contribution in [2.45, 2.75) is 38.3 Å². The Bertz CT molecular complexity index is 1000. The van der Waals surface area contributed by atoms with E-state index in [1.54, 1.807) is 6.07 Å². The van der Waals surface area contributed by atoms with Crippen LogP contribution in [0.5, 0.6) is 0 Å². The van der Waals surface area contributed by atoms with Gasteiger partial charge in [0.15, 0.2) is 0 Å². The van der Waals surface area contributed by atoms with Crippen molar-refractivity contribution in [2.24, 2.45) is 17.0 Å². The molecule has 0 spiro atoms. The number of hydrogen-bond acceptors (Lipinski definition) is 5. The molecule has 0 saturated carbocycles. The van der Waals surface area contributed by atoms with Crippen molar-refractivity contribution in [3.63, 3.8) is 0 Å². The lowest BCUT2D eigenvalue weighted by Crippen LogP contribution is -2.38. The molecule has 1 aliphatic heterocycles. The van der Waals surface area contributed by atoms with Crippen LogP contribution in [0, 0.1) is 23.2 Å². The maximum atomic E-state index is 11.5. The monoisotopic (exact) mass is 412 g/mol. The van der Waals surface area contributed by atoms with E-state index in [4.69, 9.17) is 5.14 Å². The minimum Gasteiger partial charge on any atom is -0.380 e. The Morgan fingerprint density at radius 3 is 2.41 bits per heavy atom. The van der Waals surface area contributed by atoms with Gasteiger partial charge in [0.25, 0.3) is 0 Å². The maximum absolute atomic E-state index is 11.5. The quantitative estimate of drug-likeness (QED) is 0.758. The van der Waals surface area contributed by atoms with Crippen LogP contribution in [0.25, 0.3) is 0 Å². The van der Waals surface area contributed by atoms with Crippen LogP contribution < -0.4 is 10.5 Å². The van der Waals surface area contributed by atoms with Gasteiger partial charge < -0.3 is 5.32 Å². The van der Waals surface area contributed by atoms with Gasteiger partial charge in [-0.2, -0.15) is 5.26 Å². The van der Waals surface area contributed by atoms with Gasteiger partial charge in [0.2, 0.25) is 10.0 Å². The van der Waals surface area contributed by atoms with Crippen LogP contribution in [0.2, 0.25) is 0 Å². The van der Waals surface area contributed by atoms with Crippen LogP contribution in [0.3, 0.4) is 0 Å². The predicted molar refractivity (Wildman–Crippen MR) is 115 cm³/mol. The first kappa shape index (κ1) is 21.3. The summed E-state index contributed by atoms with van der Waals surface area (Å²) in [5.74, 6) is 1.42. The fourth-order valence-corrected chi connectivity index (χ4v) is 4.72. The number of nitriles is 1. The molecule has 1 fully saturated rings. The number of hydrogen-bond donors (Lipinski definition) is 2. The van der Waals surface area contributed by atoms with Crippen LogP contribution in [-0.4, -0.2) is 26.4 Å². The zero-order valence-corrected chi connectivity index (χ0v) is 17.7. The zero-order valence-electron chi connectivity index (χ0n) is 16.9. The fourth-order valence-electron chi connectivity index (χ4n) is 4.18. The van der Waals surface area contributed by atoms with E-state index in [1.165, 1.54) is 24.1 Å². The summed E-state index contributed by atoms with van der Waals surface area (Å²) < 4.78 is 23.0. The van der Waals surface area contributed by atoms with Crippen molar-refractivity contribution < 1.29 is 8.42 Å². The zero-order chi connectivity index (χ0) is 21.0. The highest BCUT2D eigenvalue weighted by Crippen LogP contribution is 2.24. The second-order valence-corrected chi connectivity index (χ2v) is 9.69. The normalized spacial score (nSPS) is 20.2. The first-order valence-corrected chi connectivity index (χ1v) is 11.4. The molecular formula is C22H28N4O2S. The Labute approximate surface area is 173 Å². The lowest BCUT2D eigenvalue weighted by atomic mass is 9.91. The van der Waals surface area contributed by atoms with Gasteiger partial charge in [-0.05, 0) is 47.6 Å². The molecule has 3 N–H and O–H groups in total. The second-order valence-electron chi connectivity index (χ2n) is 8.13. The molecule has 0 aliphatic carbocycles. The average molecular weight is 413 g/mol. The third kappa shape index (κ3) is 5.57. The van der Waals surface area contributed by atoms with Gasteiger partial charge >= 0.3 is 0 Å². The Balaban J connectivity index is 1.74. The van der Waals surface area contributed by atoms with Gasteiger partial charge in [0.1, 0.15) is 6.07 Å². The third-order valence-electron chi connectivity index (χ3n) is 5.37. The summed E-state index contributed by atoms with van der Waals surface area (Å²) >= 11 is 0. The van der Waals surface area contributed by atoms with Crippen molar-refractivity contribution >= 4 is 15.7 Å². The lowest BCUT2D eigenvalue weighted by Gasteiger charge is -2.35. The first-order valence-electron chi connectivity index (χ1n) is 9.86. The maximum Gasteiger partial charge on any atom is 0.238 e. The molecule has 1 aliphatic rings. The molecule has 2 unspecified atom stereocenters. The van der Waals surface area contributed by atoms with Crippen molar-refractivity contribution in [1.82, 2.24) is 4.90 Å². The second kappa shape index (κ2) is 8.95. The van der Waals surface area contributed by atoms with Crippen molar-refractivity contribution in [3.8, 4) is 6.07 Å². The van der Waals surface area contributed by atoms with Crippen molar-refractivity contribution in [1.29, 1.82) is 5.26 Å². The molecule has 0 bridgehead atoms. The van der Waals surface area contributed by atoms with Crippen molar-refractivity contribution in [2.75, 3.05) is 18.4 Å². The van der Waals surface area contributed by atoms with E-state index in [1.807, 2.05) is 12.1 Å². The molecule has 0 aromatic heterocycles. The molecule has 29 heavy (non-hydrogen) atoms. The Kier molecular flexibility index (Phi) is 6.58. The number of anilines is 1. The molecule has 1 saturated heterocycles. The summed E-state index contributed by atoms with van der Waals surface area (Å²) in [6.07, 6.45) is 1.28. The molecule has 1 heterocycles. The number of nitrogens with zero attached hydrogens (tertiary/aromatic N) is 2. The highest BCUT2D eigenvalue weighted by molar-refractivity contribution is 7.89. The minimum atomic E-state index is -3.84. The summed E-state index contributed by atoms with van der Waals surface area (Å²) in [5, 5.41) is 17.8. The largest absolute Gasteiger partial charge is 0.380 e. The summed E-state index contributed by atoms with van der Waals surface area (Å²) in [6, 6.07) is 14.7. The molecule has 2 aromatic rings. The van der Waals surface area contributed by atoms with E-state index in [9.17, 15) is 13.7 Å². The SMILES string of the molecule is CC1CC(C)CN(Cc2ccccc2CNc2ccc(S(N)(=O)=O)cc2C#N)C1. The van der Waals surface area contributed by atoms with Crippen molar-refractivity contribution in [3.05, 3.63) is 59.2 Å². The molecule has 2 atom stereocenters.